The minimum absolute atomic E-state index is 0.0745. The van der Waals surface area contributed by atoms with Crippen LogP contribution in [0.4, 0.5) is 9.18 Å². The lowest BCUT2D eigenvalue weighted by Gasteiger charge is -2.29. The molecule has 3 rings (SSSR count). The SMILES string of the molecule is CC(C)(C)OC(=O)N1CC=C(c2cccc(OCc3sc(Cl)cc3F)n2)CC1. The first kappa shape index (κ1) is 20.6. The summed E-state index contributed by atoms with van der Waals surface area (Å²) in [6.07, 6.45) is 2.33. The molecule has 0 saturated carbocycles. The maximum absolute atomic E-state index is 13.7. The van der Waals surface area contributed by atoms with Gasteiger partial charge in [-0.15, -0.1) is 11.3 Å². The highest BCUT2D eigenvalue weighted by Crippen LogP contribution is 2.27. The van der Waals surface area contributed by atoms with Gasteiger partial charge < -0.3 is 14.4 Å². The van der Waals surface area contributed by atoms with Crippen LogP contribution in [0.1, 0.15) is 37.8 Å². The number of aromatic nitrogens is 1. The van der Waals surface area contributed by atoms with Gasteiger partial charge in [-0.3, -0.25) is 0 Å². The molecule has 0 saturated heterocycles. The zero-order chi connectivity index (χ0) is 20.3. The van der Waals surface area contributed by atoms with Crippen molar-refractivity contribution in [2.75, 3.05) is 13.1 Å². The summed E-state index contributed by atoms with van der Waals surface area (Å²) in [6.45, 7) is 6.65. The van der Waals surface area contributed by atoms with E-state index in [1.165, 1.54) is 6.07 Å². The third kappa shape index (κ3) is 5.45. The lowest BCUT2D eigenvalue weighted by atomic mass is 10.0. The molecule has 1 aliphatic rings. The van der Waals surface area contributed by atoms with Gasteiger partial charge in [0.25, 0.3) is 0 Å². The molecule has 0 fully saturated rings. The van der Waals surface area contributed by atoms with Gasteiger partial charge in [-0.25, -0.2) is 14.2 Å². The average Bonchev–Trinajstić information content (AvgIpc) is 2.96. The Balaban J connectivity index is 1.62. The quantitative estimate of drug-likeness (QED) is 0.646. The Kier molecular flexibility index (Phi) is 6.25. The van der Waals surface area contributed by atoms with E-state index in [1.807, 2.05) is 39.0 Å². The molecule has 1 amide bonds. The van der Waals surface area contributed by atoms with E-state index in [2.05, 4.69) is 4.98 Å². The van der Waals surface area contributed by atoms with E-state index in [0.29, 0.717) is 34.6 Å². The lowest BCUT2D eigenvalue weighted by Crippen LogP contribution is -2.39. The van der Waals surface area contributed by atoms with Crippen LogP contribution < -0.4 is 4.74 Å². The Morgan fingerprint density at radius 1 is 1.39 bits per heavy atom. The molecule has 2 aromatic heterocycles. The van der Waals surface area contributed by atoms with Gasteiger partial charge in [-0.05, 0) is 38.8 Å². The van der Waals surface area contributed by atoms with Crippen molar-refractivity contribution < 1.29 is 18.7 Å². The number of carbonyl (C=O) groups is 1. The number of ether oxygens (including phenoxy) is 2. The summed E-state index contributed by atoms with van der Waals surface area (Å²) < 4.78 is 25.1. The topological polar surface area (TPSA) is 51.7 Å². The van der Waals surface area contributed by atoms with E-state index in [9.17, 15) is 9.18 Å². The predicted molar refractivity (Wildman–Crippen MR) is 108 cm³/mol. The largest absolute Gasteiger partial charge is 0.472 e. The van der Waals surface area contributed by atoms with Gasteiger partial charge in [-0.1, -0.05) is 23.7 Å². The molecule has 5 nitrogen and oxygen atoms in total. The van der Waals surface area contributed by atoms with Crippen LogP contribution >= 0.6 is 22.9 Å². The number of hydrogen-bond acceptors (Lipinski definition) is 5. The van der Waals surface area contributed by atoms with Gasteiger partial charge >= 0.3 is 6.09 Å². The van der Waals surface area contributed by atoms with Crippen molar-refractivity contribution in [1.29, 1.82) is 0 Å². The van der Waals surface area contributed by atoms with E-state index in [-0.39, 0.29) is 18.5 Å². The minimum Gasteiger partial charge on any atom is -0.472 e. The lowest BCUT2D eigenvalue weighted by molar-refractivity contribution is 0.0270. The smallest absolute Gasteiger partial charge is 0.410 e. The number of thiophene rings is 1. The predicted octanol–water partition coefficient (Wildman–Crippen LogP) is 5.54. The first-order valence-electron chi connectivity index (χ1n) is 8.92. The maximum atomic E-state index is 13.7. The summed E-state index contributed by atoms with van der Waals surface area (Å²) in [6, 6.07) is 6.74. The van der Waals surface area contributed by atoms with E-state index in [1.54, 1.807) is 11.0 Å². The third-order valence-corrected chi connectivity index (χ3v) is 5.20. The minimum atomic E-state index is -0.513. The van der Waals surface area contributed by atoms with Crippen LogP contribution in [0.2, 0.25) is 4.34 Å². The number of pyridine rings is 1. The van der Waals surface area contributed by atoms with Crippen LogP contribution in [0.25, 0.3) is 5.57 Å². The van der Waals surface area contributed by atoms with E-state index < -0.39 is 5.60 Å². The summed E-state index contributed by atoms with van der Waals surface area (Å²) in [5, 5.41) is 0. The van der Waals surface area contributed by atoms with Crippen LogP contribution in [0.3, 0.4) is 0 Å². The molecule has 0 N–H and O–H groups in total. The van der Waals surface area contributed by atoms with Gasteiger partial charge in [0, 0.05) is 25.2 Å². The van der Waals surface area contributed by atoms with Gasteiger partial charge in [0.15, 0.2) is 0 Å². The molecule has 0 atom stereocenters. The molecule has 0 unspecified atom stereocenters. The molecule has 3 heterocycles. The van der Waals surface area contributed by atoms with Crippen LogP contribution in [0.5, 0.6) is 5.88 Å². The van der Waals surface area contributed by atoms with Crippen LogP contribution in [-0.2, 0) is 11.3 Å². The molecular formula is C20H22ClFN2O3S. The second-order valence-corrected chi connectivity index (χ2v) is 9.15. The Morgan fingerprint density at radius 3 is 2.79 bits per heavy atom. The Bertz CT molecular complexity index is 892. The van der Waals surface area contributed by atoms with Crippen LogP contribution in [0.15, 0.2) is 30.3 Å². The molecule has 0 aliphatic carbocycles. The zero-order valence-electron chi connectivity index (χ0n) is 16.0. The van der Waals surface area contributed by atoms with Gasteiger partial charge in [0.1, 0.15) is 18.0 Å². The van der Waals surface area contributed by atoms with Crippen molar-refractivity contribution in [3.63, 3.8) is 0 Å². The summed E-state index contributed by atoms with van der Waals surface area (Å²) in [5.41, 5.74) is 1.31. The number of hydrogen-bond donors (Lipinski definition) is 0. The summed E-state index contributed by atoms with van der Waals surface area (Å²) in [7, 11) is 0. The number of rotatable bonds is 4. The van der Waals surface area contributed by atoms with Gasteiger partial charge in [0.2, 0.25) is 5.88 Å². The first-order chi connectivity index (χ1) is 13.2. The highest BCUT2D eigenvalue weighted by atomic mass is 35.5. The highest BCUT2D eigenvalue weighted by Gasteiger charge is 2.24. The van der Waals surface area contributed by atoms with E-state index >= 15 is 0 Å². The van der Waals surface area contributed by atoms with Crippen molar-refractivity contribution in [3.8, 4) is 5.88 Å². The van der Waals surface area contributed by atoms with Gasteiger partial charge in [0.05, 0.1) is 14.9 Å². The third-order valence-electron chi connectivity index (χ3n) is 3.99. The number of amides is 1. The Labute approximate surface area is 172 Å². The first-order valence-corrected chi connectivity index (χ1v) is 10.1. The van der Waals surface area contributed by atoms with Crippen molar-refractivity contribution in [2.24, 2.45) is 0 Å². The fraction of sp³-hybridized carbons (Fsp3) is 0.400. The number of nitrogens with zero attached hydrogens (tertiary/aromatic N) is 2. The molecule has 0 radical (unpaired) electrons. The van der Waals surface area contributed by atoms with Crippen LogP contribution in [0, 0.1) is 5.82 Å². The van der Waals surface area contributed by atoms with E-state index in [4.69, 9.17) is 21.1 Å². The average molecular weight is 425 g/mol. The molecule has 0 spiro atoms. The second kappa shape index (κ2) is 8.49. The molecule has 0 aromatic carbocycles. The van der Waals surface area contributed by atoms with E-state index in [0.717, 1.165) is 22.6 Å². The number of carbonyl (C=O) groups excluding carboxylic acids is 1. The summed E-state index contributed by atoms with van der Waals surface area (Å²) in [4.78, 5) is 18.8. The monoisotopic (exact) mass is 424 g/mol. The molecule has 8 heteroatoms. The number of halogens is 2. The molecule has 0 bridgehead atoms. The molecule has 28 heavy (non-hydrogen) atoms. The molecule has 2 aromatic rings. The Hall–Kier alpha value is -2.12. The summed E-state index contributed by atoms with van der Waals surface area (Å²) >= 11 is 6.96. The summed E-state index contributed by atoms with van der Waals surface area (Å²) in [5.74, 6) is 0.0419. The molecular weight excluding hydrogens is 403 g/mol. The fourth-order valence-corrected chi connectivity index (χ4v) is 3.73. The fourth-order valence-electron chi connectivity index (χ4n) is 2.68. The van der Waals surface area contributed by atoms with Crippen molar-refractivity contribution in [3.05, 3.63) is 51.1 Å². The van der Waals surface area contributed by atoms with Crippen molar-refractivity contribution in [2.45, 2.75) is 39.4 Å². The Morgan fingerprint density at radius 2 is 2.18 bits per heavy atom. The standard InChI is InChI=1S/C20H22ClFN2O3S/c1-20(2,3)27-19(25)24-9-7-13(8-10-24)15-5-4-6-18(23-15)26-12-16-14(22)11-17(21)28-16/h4-7,11H,8-10,12H2,1-3H3. The van der Waals surface area contributed by atoms with Crippen molar-refractivity contribution in [1.82, 2.24) is 9.88 Å². The zero-order valence-corrected chi connectivity index (χ0v) is 17.6. The molecule has 1 aliphatic heterocycles. The maximum Gasteiger partial charge on any atom is 0.410 e. The molecule has 150 valence electrons. The highest BCUT2D eigenvalue weighted by molar-refractivity contribution is 7.16. The van der Waals surface area contributed by atoms with Crippen molar-refractivity contribution >= 4 is 34.6 Å². The van der Waals surface area contributed by atoms with Gasteiger partial charge in [-0.2, -0.15) is 0 Å². The normalized spacial score (nSPS) is 14.6. The van der Waals surface area contributed by atoms with Crippen LogP contribution in [-0.4, -0.2) is 34.7 Å². The second-order valence-electron chi connectivity index (χ2n) is 7.38.